The maximum atomic E-state index is 5.49. The molecule has 1 aliphatic carbocycles. The molecule has 0 spiro atoms. The van der Waals surface area contributed by atoms with Gasteiger partial charge in [0.15, 0.2) is 0 Å². The summed E-state index contributed by atoms with van der Waals surface area (Å²) in [6.45, 7) is 8.54. The third-order valence-electron chi connectivity index (χ3n) is 3.20. The SMILES string of the molecule is CCCCOCC=CC1=CCC(C)(C)CC1. The van der Waals surface area contributed by atoms with E-state index in [1.807, 2.05) is 0 Å². The molecule has 92 valence electrons. The van der Waals surface area contributed by atoms with E-state index in [2.05, 4.69) is 39.0 Å². The van der Waals surface area contributed by atoms with Crippen molar-refractivity contribution in [2.24, 2.45) is 5.41 Å². The van der Waals surface area contributed by atoms with E-state index in [-0.39, 0.29) is 0 Å². The van der Waals surface area contributed by atoms with Gasteiger partial charge in [-0.1, -0.05) is 51.0 Å². The summed E-state index contributed by atoms with van der Waals surface area (Å²) in [6.07, 6.45) is 12.9. The first kappa shape index (κ1) is 13.5. The predicted molar refractivity (Wildman–Crippen MR) is 70.6 cm³/mol. The second-order valence-electron chi connectivity index (χ2n) is 5.48. The highest BCUT2D eigenvalue weighted by molar-refractivity contribution is 5.21. The van der Waals surface area contributed by atoms with Gasteiger partial charge in [0.2, 0.25) is 0 Å². The van der Waals surface area contributed by atoms with Gasteiger partial charge in [0.1, 0.15) is 0 Å². The van der Waals surface area contributed by atoms with Crippen molar-refractivity contribution < 1.29 is 4.74 Å². The van der Waals surface area contributed by atoms with Gasteiger partial charge in [-0.15, -0.1) is 0 Å². The van der Waals surface area contributed by atoms with E-state index in [1.54, 1.807) is 0 Å². The van der Waals surface area contributed by atoms with E-state index >= 15 is 0 Å². The summed E-state index contributed by atoms with van der Waals surface area (Å²) < 4.78 is 5.49. The van der Waals surface area contributed by atoms with Crippen molar-refractivity contribution in [3.8, 4) is 0 Å². The summed E-state index contributed by atoms with van der Waals surface area (Å²) in [6, 6.07) is 0. The van der Waals surface area contributed by atoms with Crippen LogP contribution in [0.25, 0.3) is 0 Å². The average molecular weight is 222 g/mol. The van der Waals surface area contributed by atoms with Crippen LogP contribution < -0.4 is 0 Å². The molecule has 0 bridgehead atoms. The average Bonchev–Trinajstić information content (AvgIpc) is 2.25. The zero-order chi connectivity index (χ0) is 11.9. The number of hydrogen-bond acceptors (Lipinski definition) is 1. The lowest BCUT2D eigenvalue weighted by atomic mass is 9.78. The Bertz CT molecular complexity index is 248. The fraction of sp³-hybridized carbons (Fsp3) is 0.733. The van der Waals surface area contributed by atoms with Crippen LogP contribution in [0.3, 0.4) is 0 Å². The Hall–Kier alpha value is -0.560. The summed E-state index contributed by atoms with van der Waals surface area (Å²) in [7, 11) is 0. The van der Waals surface area contributed by atoms with Crippen molar-refractivity contribution in [2.45, 2.75) is 52.9 Å². The van der Waals surface area contributed by atoms with Gasteiger partial charge in [0, 0.05) is 6.61 Å². The smallest absolute Gasteiger partial charge is 0.0650 e. The second-order valence-corrected chi connectivity index (χ2v) is 5.48. The molecule has 1 aliphatic rings. The molecule has 16 heavy (non-hydrogen) atoms. The molecule has 0 aromatic heterocycles. The van der Waals surface area contributed by atoms with E-state index < -0.39 is 0 Å². The van der Waals surface area contributed by atoms with Gasteiger partial charge >= 0.3 is 0 Å². The minimum Gasteiger partial charge on any atom is -0.377 e. The highest BCUT2D eigenvalue weighted by atomic mass is 16.5. The first-order valence-corrected chi connectivity index (χ1v) is 6.57. The first-order chi connectivity index (χ1) is 7.64. The molecule has 0 unspecified atom stereocenters. The second kappa shape index (κ2) is 6.90. The summed E-state index contributed by atoms with van der Waals surface area (Å²) in [4.78, 5) is 0. The maximum absolute atomic E-state index is 5.49. The van der Waals surface area contributed by atoms with Crippen LogP contribution in [-0.4, -0.2) is 13.2 Å². The largest absolute Gasteiger partial charge is 0.377 e. The van der Waals surface area contributed by atoms with Gasteiger partial charge in [-0.3, -0.25) is 0 Å². The molecule has 1 rings (SSSR count). The van der Waals surface area contributed by atoms with Gasteiger partial charge in [-0.05, 0) is 31.1 Å². The lowest BCUT2D eigenvalue weighted by Gasteiger charge is -2.27. The highest BCUT2D eigenvalue weighted by Crippen LogP contribution is 2.34. The van der Waals surface area contributed by atoms with Crippen LogP contribution in [0, 0.1) is 5.41 Å². The Balaban J connectivity index is 2.17. The third kappa shape index (κ3) is 5.50. The van der Waals surface area contributed by atoms with Crippen LogP contribution in [0.1, 0.15) is 52.9 Å². The summed E-state index contributed by atoms with van der Waals surface area (Å²) in [5.74, 6) is 0. The quantitative estimate of drug-likeness (QED) is 0.601. The van der Waals surface area contributed by atoms with E-state index in [0.717, 1.165) is 13.2 Å². The predicted octanol–water partition coefficient (Wildman–Crippen LogP) is 4.50. The summed E-state index contributed by atoms with van der Waals surface area (Å²) >= 11 is 0. The molecular weight excluding hydrogens is 196 g/mol. The molecule has 0 atom stereocenters. The number of ether oxygens (including phenoxy) is 1. The van der Waals surface area contributed by atoms with E-state index in [4.69, 9.17) is 4.74 Å². The van der Waals surface area contributed by atoms with E-state index in [9.17, 15) is 0 Å². The highest BCUT2D eigenvalue weighted by Gasteiger charge is 2.19. The van der Waals surface area contributed by atoms with Gasteiger partial charge < -0.3 is 4.74 Å². The van der Waals surface area contributed by atoms with E-state index in [1.165, 1.54) is 37.7 Å². The summed E-state index contributed by atoms with van der Waals surface area (Å²) in [5, 5.41) is 0. The van der Waals surface area contributed by atoms with Gasteiger partial charge in [-0.25, -0.2) is 0 Å². The Labute approximate surface area is 101 Å². The molecule has 0 amide bonds. The van der Waals surface area contributed by atoms with Crippen molar-refractivity contribution in [2.75, 3.05) is 13.2 Å². The van der Waals surface area contributed by atoms with Crippen LogP contribution in [0.4, 0.5) is 0 Å². The minimum absolute atomic E-state index is 0.509. The molecule has 1 heteroatoms. The molecule has 0 heterocycles. The molecule has 0 aromatic rings. The molecule has 0 saturated heterocycles. The van der Waals surface area contributed by atoms with E-state index in [0.29, 0.717) is 5.41 Å². The Kier molecular flexibility index (Phi) is 5.83. The molecule has 0 saturated carbocycles. The standard InChI is InChI=1S/C15H26O/c1-4-5-12-16-13-6-7-14-8-10-15(2,3)11-9-14/h6-8H,4-5,9-13H2,1-3H3. The van der Waals surface area contributed by atoms with Gasteiger partial charge in [0.25, 0.3) is 0 Å². The molecular formula is C15H26O. The molecule has 0 aromatic carbocycles. The maximum Gasteiger partial charge on any atom is 0.0650 e. The molecule has 0 fully saturated rings. The molecule has 0 radical (unpaired) electrons. The lowest BCUT2D eigenvalue weighted by Crippen LogP contribution is -2.13. The van der Waals surface area contributed by atoms with Crippen molar-refractivity contribution in [1.29, 1.82) is 0 Å². The number of unbranched alkanes of at least 4 members (excludes halogenated alkanes) is 1. The van der Waals surface area contributed by atoms with Crippen LogP contribution >= 0.6 is 0 Å². The first-order valence-electron chi connectivity index (χ1n) is 6.57. The zero-order valence-corrected chi connectivity index (χ0v) is 11.1. The number of allylic oxidation sites excluding steroid dienone is 3. The monoisotopic (exact) mass is 222 g/mol. The Morgan fingerprint density at radius 2 is 2.25 bits per heavy atom. The molecule has 1 nitrogen and oxygen atoms in total. The zero-order valence-electron chi connectivity index (χ0n) is 11.1. The topological polar surface area (TPSA) is 9.23 Å². The van der Waals surface area contributed by atoms with Crippen LogP contribution in [0.5, 0.6) is 0 Å². The number of hydrogen-bond donors (Lipinski definition) is 0. The van der Waals surface area contributed by atoms with Crippen molar-refractivity contribution >= 4 is 0 Å². The minimum atomic E-state index is 0.509. The lowest BCUT2D eigenvalue weighted by molar-refractivity contribution is 0.159. The van der Waals surface area contributed by atoms with Gasteiger partial charge in [0.05, 0.1) is 6.61 Å². The van der Waals surface area contributed by atoms with Crippen LogP contribution in [0.2, 0.25) is 0 Å². The van der Waals surface area contributed by atoms with Crippen LogP contribution in [0.15, 0.2) is 23.8 Å². The molecule has 0 aliphatic heterocycles. The molecule has 0 N–H and O–H groups in total. The summed E-state index contributed by atoms with van der Waals surface area (Å²) in [5.41, 5.74) is 1.99. The van der Waals surface area contributed by atoms with Crippen molar-refractivity contribution in [1.82, 2.24) is 0 Å². The van der Waals surface area contributed by atoms with Gasteiger partial charge in [-0.2, -0.15) is 0 Å². The van der Waals surface area contributed by atoms with Crippen molar-refractivity contribution in [3.05, 3.63) is 23.8 Å². The van der Waals surface area contributed by atoms with Crippen LogP contribution in [-0.2, 0) is 4.74 Å². The Morgan fingerprint density at radius 1 is 1.44 bits per heavy atom. The number of rotatable bonds is 6. The fourth-order valence-electron chi connectivity index (χ4n) is 1.84. The van der Waals surface area contributed by atoms with Crippen molar-refractivity contribution in [3.63, 3.8) is 0 Å². The normalized spacial score (nSPS) is 20.1. The Morgan fingerprint density at radius 3 is 2.88 bits per heavy atom. The fourth-order valence-corrected chi connectivity index (χ4v) is 1.84. The third-order valence-corrected chi connectivity index (χ3v) is 3.20.